The smallest absolute Gasteiger partial charge is 0.204 e. The Morgan fingerprint density at radius 2 is 2.06 bits per heavy atom. The van der Waals surface area contributed by atoms with Crippen LogP contribution in [0, 0.1) is 11.5 Å². The average molecular weight is 237 g/mol. The molecular weight excluding hydrogens is 214 g/mol. The minimum atomic E-state index is 0.561. The third-order valence-electron chi connectivity index (χ3n) is 3.04. The fourth-order valence-corrected chi connectivity index (χ4v) is 2.08. The summed E-state index contributed by atoms with van der Waals surface area (Å²) in [7, 11) is 1.67. The monoisotopic (exact) mass is 237 g/mol. The first kappa shape index (κ1) is 13.8. The Morgan fingerprint density at radius 3 is 2.71 bits per heavy atom. The summed E-state index contributed by atoms with van der Waals surface area (Å²) in [5.41, 5.74) is 0. The van der Waals surface area contributed by atoms with Crippen LogP contribution in [0.4, 0.5) is 0 Å². The number of nitrogens with zero attached hydrogens (tertiary/aromatic N) is 3. The molecule has 0 saturated carbocycles. The van der Waals surface area contributed by atoms with Gasteiger partial charge in [0, 0.05) is 13.6 Å². The molecule has 96 valence electrons. The summed E-state index contributed by atoms with van der Waals surface area (Å²) in [6.45, 7) is 4.61. The van der Waals surface area contributed by atoms with Crippen LogP contribution in [-0.4, -0.2) is 44.1 Å². The normalized spacial score (nSPS) is 17.5. The van der Waals surface area contributed by atoms with E-state index in [0.717, 1.165) is 13.0 Å². The molecule has 5 nitrogen and oxygen atoms in total. The molecule has 0 bridgehead atoms. The third kappa shape index (κ3) is 6.12. The summed E-state index contributed by atoms with van der Waals surface area (Å²) in [4.78, 5) is 6.47. The summed E-state index contributed by atoms with van der Waals surface area (Å²) in [5, 5.41) is 14.1. The molecule has 0 aliphatic carbocycles. The highest BCUT2D eigenvalue weighted by Gasteiger charge is 2.08. The van der Waals surface area contributed by atoms with Gasteiger partial charge in [-0.3, -0.25) is 10.3 Å². The molecule has 0 aromatic carbocycles. The Hall–Kier alpha value is -1.28. The summed E-state index contributed by atoms with van der Waals surface area (Å²) in [5.74, 6) is 0.561. The van der Waals surface area contributed by atoms with Gasteiger partial charge in [-0.1, -0.05) is 6.42 Å². The standard InChI is InChI=1S/C12H23N5/c1-14-12(16-11-13)15-7-3-6-10-17-8-4-2-5-9-17/h2-10H2,1H3,(H2,14,15,16). The van der Waals surface area contributed by atoms with Crippen LogP contribution in [0.25, 0.3) is 0 Å². The zero-order valence-corrected chi connectivity index (χ0v) is 10.7. The number of likely N-dealkylation sites (tertiary alicyclic amines) is 1. The number of piperidine rings is 1. The van der Waals surface area contributed by atoms with Crippen molar-refractivity contribution in [1.82, 2.24) is 15.5 Å². The number of rotatable bonds is 5. The maximum atomic E-state index is 8.45. The average Bonchev–Trinajstić information content (AvgIpc) is 2.38. The lowest BCUT2D eigenvalue weighted by Gasteiger charge is -2.26. The van der Waals surface area contributed by atoms with Crippen molar-refractivity contribution in [2.75, 3.05) is 33.2 Å². The van der Waals surface area contributed by atoms with E-state index < -0.39 is 0 Å². The molecule has 0 spiro atoms. The molecule has 2 N–H and O–H groups in total. The van der Waals surface area contributed by atoms with Gasteiger partial charge in [0.15, 0.2) is 6.19 Å². The lowest BCUT2D eigenvalue weighted by Crippen LogP contribution is -2.35. The first-order valence-electron chi connectivity index (χ1n) is 6.45. The van der Waals surface area contributed by atoms with Crippen LogP contribution in [-0.2, 0) is 0 Å². The second-order valence-electron chi connectivity index (χ2n) is 4.35. The maximum absolute atomic E-state index is 8.45. The van der Waals surface area contributed by atoms with Gasteiger partial charge >= 0.3 is 0 Å². The van der Waals surface area contributed by atoms with Crippen molar-refractivity contribution in [3.05, 3.63) is 0 Å². The zero-order chi connectivity index (χ0) is 12.3. The minimum absolute atomic E-state index is 0.561. The molecule has 5 heteroatoms. The van der Waals surface area contributed by atoms with Gasteiger partial charge in [-0.25, -0.2) is 0 Å². The Bertz CT molecular complexity index is 263. The van der Waals surface area contributed by atoms with E-state index >= 15 is 0 Å². The molecule has 0 unspecified atom stereocenters. The van der Waals surface area contributed by atoms with Crippen LogP contribution in [0.3, 0.4) is 0 Å². The first-order valence-corrected chi connectivity index (χ1v) is 6.45. The maximum Gasteiger partial charge on any atom is 0.204 e. The van der Waals surface area contributed by atoms with Crippen LogP contribution < -0.4 is 10.6 Å². The fourth-order valence-electron chi connectivity index (χ4n) is 2.08. The van der Waals surface area contributed by atoms with Gasteiger partial charge in [-0.15, -0.1) is 0 Å². The van der Waals surface area contributed by atoms with E-state index in [0.29, 0.717) is 5.96 Å². The molecule has 0 aromatic rings. The van der Waals surface area contributed by atoms with E-state index in [4.69, 9.17) is 5.26 Å². The predicted molar refractivity (Wildman–Crippen MR) is 69.6 cm³/mol. The predicted octanol–water partition coefficient (Wildman–Crippen LogP) is 0.899. The SMILES string of the molecule is CN=C(NC#N)NCCCCN1CCCCC1. The van der Waals surface area contributed by atoms with E-state index in [9.17, 15) is 0 Å². The Kier molecular flexibility index (Phi) is 7.15. The molecule has 17 heavy (non-hydrogen) atoms. The highest BCUT2D eigenvalue weighted by molar-refractivity contribution is 5.80. The lowest BCUT2D eigenvalue weighted by atomic mass is 10.1. The van der Waals surface area contributed by atoms with Crippen LogP contribution >= 0.6 is 0 Å². The van der Waals surface area contributed by atoms with Crippen LogP contribution in [0.1, 0.15) is 32.1 Å². The third-order valence-corrected chi connectivity index (χ3v) is 3.04. The second-order valence-corrected chi connectivity index (χ2v) is 4.35. The van der Waals surface area contributed by atoms with Crippen LogP contribution in [0.2, 0.25) is 0 Å². The van der Waals surface area contributed by atoms with Gasteiger partial charge in [0.2, 0.25) is 5.96 Å². The van der Waals surface area contributed by atoms with Gasteiger partial charge in [0.1, 0.15) is 0 Å². The van der Waals surface area contributed by atoms with Crippen molar-refractivity contribution >= 4 is 5.96 Å². The van der Waals surface area contributed by atoms with E-state index in [1.54, 1.807) is 7.05 Å². The summed E-state index contributed by atoms with van der Waals surface area (Å²) in [6, 6.07) is 0. The number of unbranched alkanes of at least 4 members (excludes halogenated alkanes) is 1. The Morgan fingerprint density at radius 1 is 1.29 bits per heavy atom. The number of aliphatic imine (C=N–C) groups is 1. The number of hydrogen-bond acceptors (Lipinski definition) is 3. The van der Waals surface area contributed by atoms with Gasteiger partial charge < -0.3 is 10.2 Å². The lowest BCUT2D eigenvalue weighted by molar-refractivity contribution is 0.225. The van der Waals surface area contributed by atoms with Crippen molar-refractivity contribution in [1.29, 1.82) is 5.26 Å². The van der Waals surface area contributed by atoms with Gasteiger partial charge in [0.05, 0.1) is 0 Å². The number of hydrogen-bond donors (Lipinski definition) is 2. The number of nitrogens with one attached hydrogen (secondary N) is 2. The quantitative estimate of drug-likeness (QED) is 0.245. The molecule has 0 radical (unpaired) electrons. The van der Waals surface area contributed by atoms with Gasteiger partial charge in [-0.2, -0.15) is 5.26 Å². The summed E-state index contributed by atoms with van der Waals surface area (Å²) >= 11 is 0. The summed E-state index contributed by atoms with van der Waals surface area (Å²) < 4.78 is 0. The van der Waals surface area contributed by atoms with Crippen LogP contribution in [0.5, 0.6) is 0 Å². The van der Waals surface area contributed by atoms with Crippen molar-refractivity contribution in [3.8, 4) is 6.19 Å². The van der Waals surface area contributed by atoms with Crippen molar-refractivity contribution < 1.29 is 0 Å². The fraction of sp³-hybridized carbons (Fsp3) is 0.833. The molecule has 1 rings (SSSR count). The van der Waals surface area contributed by atoms with E-state index in [-0.39, 0.29) is 0 Å². The van der Waals surface area contributed by atoms with E-state index in [1.807, 2.05) is 6.19 Å². The molecular formula is C12H23N5. The first-order chi connectivity index (χ1) is 8.36. The molecule has 1 aliphatic rings. The molecule has 1 aliphatic heterocycles. The summed E-state index contributed by atoms with van der Waals surface area (Å²) in [6.07, 6.45) is 8.29. The molecule has 1 fully saturated rings. The van der Waals surface area contributed by atoms with Gasteiger partial charge in [0.25, 0.3) is 0 Å². The Balaban J connectivity index is 1.98. The van der Waals surface area contributed by atoms with E-state index in [1.165, 1.54) is 45.3 Å². The van der Waals surface area contributed by atoms with E-state index in [2.05, 4.69) is 20.5 Å². The molecule has 1 heterocycles. The zero-order valence-electron chi connectivity index (χ0n) is 10.7. The molecule has 0 amide bonds. The molecule has 0 aromatic heterocycles. The van der Waals surface area contributed by atoms with Crippen molar-refractivity contribution in [3.63, 3.8) is 0 Å². The van der Waals surface area contributed by atoms with Crippen LogP contribution in [0.15, 0.2) is 4.99 Å². The van der Waals surface area contributed by atoms with Crippen molar-refractivity contribution in [2.24, 2.45) is 4.99 Å². The minimum Gasteiger partial charge on any atom is -0.356 e. The largest absolute Gasteiger partial charge is 0.356 e. The van der Waals surface area contributed by atoms with Gasteiger partial charge in [-0.05, 0) is 45.3 Å². The second kappa shape index (κ2) is 8.82. The highest BCUT2D eigenvalue weighted by atomic mass is 15.2. The van der Waals surface area contributed by atoms with Crippen molar-refractivity contribution in [2.45, 2.75) is 32.1 Å². The number of guanidine groups is 1. The Labute approximate surface area is 104 Å². The molecule has 1 saturated heterocycles. The topological polar surface area (TPSA) is 63.5 Å². The highest BCUT2D eigenvalue weighted by Crippen LogP contribution is 2.08. The number of nitriles is 1. The molecule has 0 atom stereocenters.